The molecule has 3 N–H and O–H groups in total. The zero-order valence-electron chi connectivity index (χ0n) is 10.8. The molecule has 1 aromatic rings. The normalized spacial score (nSPS) is 15.0. The second-order valence-electron chi connectivity index (χ2n) is 5.02. The molecule has 17 heavy (non-hydrogen) atoms. The summed E-state index contributed by atoms with van der Waals surface area (Å²) in [6.07, 6.45) is 0.954. The summed E-state index contributed by atoms with van der Waals surface area (Å²) in [5.74, 6) is 0.263. The molecule has 0 aliphatic carbocycles. The van der Waals surface area contributed by atoms with Crippen molar-refractivity contribution in [3.63, 3.8) is 0 Å². The van der Waals surface area contributed by atoms with Gasteiger partial charge < -0.3 is 10.8 Å². The summed E-state index contributed by atoms with van der Waals surface area (Å²) in [5.41, 5.74) is 7.20. The molecular weight excluding hydrogens is 217 g/mol. The van der Waals surface area contributed by atoms with E-state index in [0.717, 1.165) is 6.42 Å². The van der Waals surface area contributed by atoms with E-state index in [1.807, 2.05) is 0 Å². The highest BCUT2D eigenvalue weighted by molar-refractivity contribution is 5.30. The molecule has 0 saturated heterocycles. The van der Waals surface area contributed by atoms with E-state index in [0.29, 0.717) is 23.5 Å². The number of nitrogens with two attached hydrogens (primary N) is 1. The summed E-state index contributed by atoms with van der Waals surface area (Å²) in [4.78, 5) is 0. The van der Waals surface area contributed by atoms with Crippen LogP contribution in [0.4, 0.5) is 4.39 Å². The lowest BCUT2D eigenvalue weighted by Gasteiger charge is -2.21. The predicted octanol–water partition coefficient (Wildman–Crippen LogP) is 2.93. The number of aliphatic hydroxyl groups excluding tert-OH is 1. The minimum absolute atomic E-state index is 0.269. The van der Waals surface area contributed by atoms with Crippen molar-refractivity contribution in [1.82, 2.24) is 0 Å². The van der Waals surface area contributed by atoms with E-state index < -0.39 is 12.1 Å². The minimum Gasteiger partial charge on any atom is -0.391 e. The van der Waals surface area contributed by atoms with Crippen molar-refractivity contribution in [2.45, 2.75) is 45.8 Å². The molecule has 1 aromatic carbocycles. The topological polar surface area (TPSA) is 46.2 Å². The molecule has 2 nitrogen and oxygen atoms in total. The van der Waals surface area contributed by atoms with Crippen molar-refractivity contribution in [3.05, 3.63) is 35.1 Å². The summed E-state index contributed by atoms with van der Waals surface area (Å²) < 4.78 is 13.4. The van der Waals surface area contributed by atoms with Crippen molar-refractivity contribution in [2.75, 3.05) is 0 Å². The molecule has 2 atom stereocenters. The van der Waals surface area contributed by atoms with E-state index >= 15 is 0 Å². The van der Waals surface area contributed by atoms with Gasteiger partial charge in [-0.1, -0.05) is 26.0 Å². The van der Waals surface area contributed by atoms with Gasteiger partial charge in [-0.2, -0.15) is 0 Å². The molecule has 0 fully saturated rings. The number of aliphatic hydroxyl groups is 1. The van der Waals surface area contributed by atoms with Gasteiger partial charge in [-0.25, -0.2) is 4.39 Å². The van der Waals surface area contributed by atoms with Gasteiger partial charge in [0.2, 0.25) is 0 Å². The molecule has 1 rings (SSSR count). The first-order valence-electron chi connectivity index (χ1n) is 6.12. The third kappa shape index (κ3) is 3.79. The summed E-state index contributed by atoms with van der Waals surface area (Å²) >= 11 is 0. The van der Waals surface area contributed by atoms with E-state index in [9.17, 15) is 9.50 Å². The van der Waals surface area contributed by atoms with Crippen LogP contribution in [0.1, 0.15) is 43.9 Å². The third-order valence-electron chi connectivity index (χ3n) is 3.12. The zero-order valence-corrected chi connectivity index (χ0v) is 10.8. The second kappa shape index (κ2) is 6.12. The van der Waals surface area contributed by atoms with Crippen LogP contribution in [-0.2, 0) is 0 Å². The Balaban J connectivity index is 2.74. The molecule has 0 unspecified atom stereocenters. The minimum atomic E-state index is -0.613. The van der Waals surface area contributed by atoms with Gasteiger partial charge in [0.05, 0.1) is 12.1 Å². The zero-order chi connectivity index (χ0) is 13.0. The highest BCUT2D eigenvalue weighted by atomic mass is 19.1. The maximum absolute atomic E-state index is 13.4. The standard InChI is InChI=1S/C14H22FNO/c1-9(2)7-8-13(17)14(16)11-5-4-6-12(15)10(11)3/h4-6,9,13-14,17H,7-8,16H2,1-3H3/t13-,14+/m0/s1. The molecule has 0 saturated carbocycles. The van der Waals surface area contributed by atoms with Crippen LogP contribution < -0.4 is 5.73 Å². The van der Waals surface area contributed by atoms with Crippen molar-refractivity contribution < 1.29 is 9.50 Å². The van der Waals surface area contributed by atoms with Crippen LogP contribution in [-0.4, -0.2) is 11.2 Å². The second-order valence-corrected chi connectivity index (χ2v) is 5.02. The van der Waals surface area contributed by atoms with Crippen LogP contribution in [0.3, 0.4) is 0 Å². The highest BCUT2D eigenvalue weighted by Gasteiger charge is 2.19. The van der Waals surface area contributed by atoms with Crippen LogP contribution in [0.25, 0.3) is 0 Å². The Kier molecular flexibility index (Phi) is 5.09. The van der Waals surface area contributed by atoms with E-state index in [1.165, 1.54) is 6.07 Å². The van der Waals surface area contributed by atoms with Crippen LogP contribution >= 0.6 is 0 Å². The lowest BCUT2D eigenvalue weighted by molar-refractivity contribution is 0.128. The Labute approximate surface area is 103 Å². The van der Waals surface area contributed by atoms with Gasteiger partial charge >= 0.3 is 0 Å². The number of rotatable bonds is 5. The smallest absolute Gasteiger partial charge is 0.126 e. The molecule has 0 bridgehead atoms. The first kappa shape index (κ1) is 14.1. The monoisotopic (exact) mass is 239 g/mol. The largest absolute Gasteiger partial charge is 0.391 e. The fourth-order valence-corrected chi connectivity index (χ4v) is 1.88. The number of benzene rings is 1. The molecule has 0 aliphatic rings. The molecule has 0 aromatic heterocycles. The average molecular weight is 239 g/mol. The Bertz CT molecular complexity index is 365. The maximum atomic E-state index is 13.4. The molecule has 0 amide bonds. The quantitative estimate of drug-likeness (QED) is 0.830. The first-order chi connectivity index (χ1) is 7.93. The SMILES string of the molecule is Cc1c(F)cccc1[C@@H](N)[C@@H](O)CCC(C)C. The van der Waals surface area contributed by atoms with Crippen molar-refractivity contribution in [3.8, 4) is 0 Å². The van der Waals surface area contributed by atoms with Crippen LogP contribution in [0.2, 0.25) is 0 Å². The maximum Gasteiger partial charge on any atom is 0.126 e. The van der Waals surface area contributed by atoms with Crippen LogP contribution in [0.5, 0.6) is 0 Å². The Morgan fingerprint density at radius 1 is 1.29 bits per heavy atom. The first-order valence-corrected chi connectivity index (χ1v) is 6.12. The molecule has 0 spiro atoms. The fraction of sp³-hybridized carbons (Fsp3) is 0.571. The van der Waals surface area contributed by atoms with Crippen LogP contribution in [0, 0.1) is 18.7 Å². The summed E-state index contributed by atoms with van der Waals surface area (Å²) in [7, 11) is 0. The fourth-order valence-electron chi connectivity index (χ4n) is 1.88. The van der Waals surface area contributed by atoms with Crippen molar-refractivity contribution in [1.29, 1.82) is 0 Å². The molecule has 3 heteroatoms. The molecule has 0 heterocycles. The lowest BCUT2D eigenvalue weighted by atomic mass is 9.93. The molecule has 96 valence electrons. The van der Waals surface area contributed by atoms with Gasteiger partial charge in [-0.15, -0.1) is 0 Å². The average Bonchev–Trinajstić information content (AvgIpc) is 2.28. The van der Waals surface area contributed by atoms with Crippen molar-refractivity contribution >= 4 is 0 Å². The van der Waals surface area contributed by atoms with E-state index in [4.69, 9.17) is 5.73 Å². The Morgan fingerprint density at radius 2 is 1.94 bits per heavy atom. The number of halogens is 1. The van der Waals surface area contributed by atoms with Gasteiger partial charge in [0.25, 0.3) is 0 Å². The van der Waals surface area contributed by atoms with Crippen LogP contribution in [0.15, 0.2) is 18.2 Å². The third-order valence-corrected chi connectivity index (χ3v) is 3.12. The molecular formula is C14H22FNO. The van der Waals surface area contributed by atoms with Gasteiger partial charge in [-0.3, -0.25) is 0 Å². The van der Waals surface area contributed by atoms with E-state index in [1.54, 1.807) is 19.1 Å². The lowest BCUT2D eigenvalue weighted by Crippen LogP contribution is -2.27. The Morgan fingerprint density at radius 3 is 2.53 bits per heavy atom. The van der Waals surface area contributed by atoms with Gasteiger partial charge in [-0.05, 0) is 42.9 Å². The predicted molar refractivity (Wildman–Crippen MR) is 68.1 cm³/mol. The molecule has 0 radical (unpaired) electrons. The summed E-state index contributed by atoms with van der Waals surface area (Å²) in [5, 5.41) is 9.99. The van der Waals surface area contributed by atoms with Crippen molar-refractivity contribution in [2.24, 2.45) is 11.7 Å². The molecule has 0 aliphatic heterocycles. The van der Waals surface area contributed by atoms with E-state index in [-0.39, 0.29) is 5.82 Å². The number of hydrogen-bond donors (Lipinski definition) is 2. The summed E-state index contributed by atoms with van der Waals surface area (Å²) in [6, 6.07) is 4.31. The number of hydrogen-bond acceptors (Lipinski definition) is 2. The van der Waals surface area contributed by atoms with Gasteiger partial charge in [0.1, 0.15) is 5.82 Å². The highest BCUT2D eigenvalue weighted by Crippen LogP contribution is 2.23. The van der Waals surface area contributed by atoms with Gasteiger partial charge in [0, 0.05) is 0 Å². The van der Waals surface area contributed by atoms with Gasteiger partial charge in [0.15, 0.2) is 0 Å². The Hall–Kier alpha value is -0.930. The summed E-state index contributed by atoms with van der Waals surface area (Å²) in [6.45, 7) is 5.90. The van der Waals surface area contributed by atoms with E-state index in [2.05, 4.69) is 13.8 Å².